The number of halogens is 1. The highest BCUT2D eigenvalue weighted by Crippen LogP contribution is 2.20. The molecule has 2 aromatic rings. The van der Waals surface area contributed by atoms with Gasteiger partial charge in [0.1, 0.15) is 5.75 Å². The normalized spacial score (nSPS) is 15.8. The molecule has 2 aromatic carbocycles. The van der Waals surface area contributed by atoms with Crippen molar-refractivity contribution < 1.29 is 9.53 Å². The Kier molecular flexibility index (Phi) is 7.01. The number of benzene rings is 2. The zero-order valence-corrected chi connectivity index (χ0v) is 17.0. The van der Waals surface area contributed by atoms with E-state index in [2.05, 4.69) is 55.6 Å². The molecule has 1 amide bonds. The Bertz CT molecular complexity index is 784. The average Bonchev–Trinajstić information content (AvgIpc) is 2.70. The van der Waals surface area contributed by atoms with E-state index in [9.17, 15) is 4.79 Å². The number of piperidine rings is 1. The molecule has 0 saturated carbocycles. The van der Waals surface area contributed by atoms with E-state index in [4.69, 9.17) is 4.74 Å². The first-order chi connectivity index (χ1) is 13.2. The highest BCUT2D eigenvalue weighted by molar-refractivity contribution is 9.10. The second-order valence-electron chi connectivity index (χ2n) is 6.65. The summed E-state index contributed by atoms with van der Waals surface area (Å²) < 4.78 is 6.37. The monoisotopic (exact) mass is 429 g/mol. The van der Waals surface area contributed by atoms with Crippen LogP contribution in [0, 0.1) is 5.92 Å². The molecule has 0 radical (unpaired) electrons. The number of rotatable bonds is 6. The van der Waals surface area contributed by atoms with Gasteiger partial charge >= 0.3 is 0 Å². The minimum atomic E-state index is -0.00978. The van der Waals surface area contributed by atoms with E-state index in [1.54, 1.807) is 13.3 Å². The van der Waals surface area contributed by atoms with Crippen molar-refractivity contribution in [3.63, 3.8) is 0 Å². The molecule has 142 valence electrons. The summed E-state index contributed by atoms with van der Waals surface area (Å²) in [5.41, 5.74) is 4.81. The molecule has 0 spiro atoms. The second-order valence-corrected chi connectivity index (χ2v) is 7.57. The number of hydrogen-bond acceptors (Lipinski definition) is 4. The minimum absolute atomic E-state index is 0.00978. The summed E-state index contributed by atoms with van der Waals surface area (Å²) in [5.74, 6) is 0.738. The molecule has 6 heteroatoms. The van der Waals surface area contributed by atoms with Crippen LogP contribution in [0.4, 0.5) is 0 Å². The van der Waals surface area contributed by atoms with E-state index in [0.717, 1.165) is 48.3 Å². The van der Waals surface area contributed by atoms with Gasteiger partial charge in [-0.2, -0.15) is 5.10 Å². The highest BCUT2D eigenvalue weighted by atomic mass is 79.9. The van der Waals surface area contributed by atoms with Crippen LogP contribution >= 0.6 is 15.9 Å². The van der Waals surface area contributed by atoms with Gasteiger partial charge < -0.3 is 4.74 Å². The first kappa shape index (κ1) is 19.6. The Morgan fingerprint density at radius 1 is 1.22 bits per heavy atom. The number of nitrogens with zero attached hydrogens (tertiary/aromatic N) is 2. The molecular weight excluding hydrogens is 406 g/mol. The average molecular weight is 430 g/mol. The van der Waals surface area contributed by atoms with E-state index in [-0.39, 0.29) is 11.8 Å². The molecule has 1 fully saturated rings. The number of carbonyl (C=O) groups excluding carboxylic acids is 1. The summed E-state index contributed by atoms with van der Waals surface area (Å²) in [5, 5.41) is 4.10. The summed E-state index contributed by atoms with van der Waals surface area (Å²) in [7, 11) is 1.62. The predicted octanol–water partition coefficient (Wildman–Crippen LogP) is 3.82. The molecule has 1 N–H and O–H groups in total. The van der Waals surface area contributed by atoms with Crippen LogP contribution in [0.5, 0.6) is 5.75 Å². The van der Waals surface area contributed by atoms with Gasteiger partial charge in [0.05, 0.1) is 13.3 Å². The summed E-state index contributed by atoms with van der Waals surface area (Å²) in [4.78, 5) is 14.8. The Hall–Kier alpha value is -2.18. The predicted molar refractivity (Wildman–Crippen MR) is 111 cm³/mol. The molecule has 0 atom stereocenters. The fraction of sp³-hybridized carbons (Fsp3) is 0.333. The highest BCUT2D eigenvalue weighted by Gasteiger charge is 2.24. The molecule has 5 nitrogen and oxygen atoms in total. The number of amides is 1. The van der Waals surface area contributed by atoms with Crippen LogP contribution in [0.15, 0.2) is 58.1 Å². The number of para-hydroxylation sites is 1. The number of ether oxygens (including phenoxy) is 1. The SMILES string of the molecule is COc1ccccc1C=NNC(=O)C1CCN(Cc2ccc(Br)cc2)CC1. The van der Waals surface area contributed by atoms with Crippen LogP contribution < -0.4 is 10.2 Å². The largest absolute Gasteiger partial charge is 0.496 e. The van der Waals surface area contributed by atoms with Crippen molar-refractivity contribution in [1.29, 1.82) is 0 Å². The summed E-state index contributed by atoms with van der Waals surface area (Å²) in [6.45, 7) is 2.77. The Balaban J connectivity index is 1.45. The van der Waals surface area contributed by atoms with Gasteiger partial charge in [-0.15, -0.1) is 0 Å². The van der Waals surface area contributed by atoms with Gasteiger partial charge in [-0.1, -0.05) is 40.2 Å². The molecule has 0 aromatic heterocycles. The van der Waals surface area contributed by atoms with E-state index < -0.39 is 0 Å². The minimum Gasteiger partial charge on any atom is -0.496 e. The van der Waals surface area contributed by atoms with Crippen LogP contribution in [-0.2, 0) is 11.3 Å². The van der Waals surface area contributed by atoms with E-state index in [1.165, 1.54) is 5.56 Å². The van der Waals surface area contributed by atoms with Gasteiger partial charge in [0.2, 0.25) is 5.91 Å². The van der Waals surface area contributed by atoms with Crippen molar-refractivity contribution in [2.75, 3.05) is 20.2 Å². The van der Waals surface area contributed by atoms with E-state index >= 15 is 0 Å². The maximum atomic E-state index is 12.4. The number of likely N-dealkylation sites (tertiary alicyclic amines) is 1. The zero-order valence-electron chi connectivity index (χ0n) is 15.4. The van der Waals surface area contributed by atoms with E-state index in [0.29, 0.717) is 0 Å². The first-order valence-corrected chi connectivity index (χ1v) is 9.88. The smallest absolute Gasteiger partial charge is 0.243 e. The second kappa shape index (κ2) is 9.67. The van der Waals surface area contributed by atoms with E-state index in [1.807, 2.05) is 24.3 Å². The summed E-state index contributed by atoms with van der Waals surface area (Å²) in [6, 6.07) is 16.0. The summed E-state index contributed by atoms with van der Waals surface area (Å²) >= 11 is 3.46. The lowest BCUT2D eigenvalue weighted by molar-refractivity contribution is -0.126. The summed E-state index contributed by atoms with van der Waals surface area (Å²) in [6.07, 6.45) is 3.33. The fourth-order valence-corrected chi connectivity index (χ4v) is 3.50. The van der Waals surface area contributed by atoms with Crippen LogP contribution in [0.3, 0.4) is 0 Å². The van der Waals surface area contributed by atoms with Gasteiger partial charge in [-0.3, -0.25) is 9.69 Å². The lowest BCUT2D eigenvalue weighted by atomic mass is 9.96. The van der Waals surface area contributed by atoms with Crippen LogP contribution in [0.25, 0.3) is 0 Å². The first-order valence-electron chi connectivity index (χ1n) is 9.08. The Morgan fingerprint density at radius 3 is 2.63 bits per heavy atom. The molecule has 1 heterocycles. The van der Waals surface area contributed by atoms with Crippen molar-refractivity contribution in [2.24, 2.45) is 11.0 Å². The van der Waals surface area contributed by atoms with Crippen LogP contribution in [0.2, 0.25) is 0 Å². The number of hydrazone groups is 1. The van der Waals surface area contributed by atoms with Crippen LogP contribution in [-0.4, -0.2) is 37.2 Å². The van der Waals surface area contributed by atoms with Gasteiger partial charge in [0.15, 0.2) is 0 Å². The zero-order chi connectivity index (χ0) is 19.1. The quantitative estimate of drug-likeness (QED) is 0.560. The fourth-order valence-electron chi connectivity index (χ4n) is 3.23. The molecule has 0 unspecified atom stereocenters. The maximum absolute atomic E-state index is 12.4. The van der Waals surface area contributed by atoms with Gasteiger partial charge in [0.25, 0.3) is 0 Å². The van der Waals surface area contributed by atoms with Gasteiger partial charge in [-0.25, -0.2) is 5.43 Å². The van der Waals surface area contributed by atoms with Crippen molar-refractivity contribution in [1.82, 2.24) is 10.3 Å². The lowest BCUT2D eigenvalue weighted by Gasteiger charge is -2.30. The molecule has 1 aliphatic rings. The molecule has 0 aliphatic carbocycles. The van der Waals surface area contributed by atoms with Gasteiger partial charge in [0, 0.05) is 22.5 Å². The Labute approximate surface area is 168 Å². The molecular formula is C21H24BrN3O2. The van der Waals surface area contributed by atoms with Crippen molar-refractivity contribution in [3.8, 4) is 5.75 Å². The maximum Gasteiger partial charge on any atom is 0.243 e. The van der Waals surface area contributed by atoms with Crippen LogP contribution in [0.1, 0.15) is 24.0 Å². The molecule has 0 bridgehead atoms. The number of hydrogen-bond donors (Lipinski definition) is 1. The third-order valence-electron chi connectivity index (χ3n) is 4.80. The van der Waals surface area contributed by atoms with Gasteiger partial charge in [-0.05, 0) is 55.8 Å². The topological polar surface area (TPSA) is 53.9 Å². The molecule has 1 saturated heterocycles. The van der Waals surface area contributed by atoms with Crippen molar-refractivity contribution in [3.05, 3.63) is 64.1 Å². The Morgan fingerprint density at radius 2 is 1.93 bits per heavy atom. The third kappa shape index (κ3) is 5.65. The number of nitrogens with one attached hydrogen (secondary N) is 1. The lowest BCUT2D eigenvalue weighted by Crippen LogP contribution is -2.39. The number of methoxy groups -OCH3 is 1. The molecule has 3 rings (SSSR count). The third-order valence-corrected chi connectivity index (χ3v) is 5.32. The number of carbonyl (C=O) groups is 1. The molecule has 1 aliphatic heterocycles. The standard InChI is InChI=1S/C21H24BrN3O2/c1-27-20-5-3-2-4-18(20)14-23-24-21(26)17-10-12-25(13-11-17)15-16-6-8-19(22)9-7-16/h2-9,14,17H,10-13,15H2,1H3,(H,24,26). The van der Waals surface area contributed by atoms with Crippen molar-refractivity contribution >= 4 is 28.1 Å². The molecule has 27 heavy (non-hydrogen) atoms. The van der Waals surface area contributed by atoms with Crippen molar-refractivity contribution in [2.45, 2.75) is 19.4 Å².